The summed E-state index contributed by atoms with van der Waals surface area (Å²) < 4.78 is 4.85. The molecule has 2 N–H and O–H groups in total. The van der Waals surface area contributed by atoms with E-state index in [9.17, 15) is 0 Å². The third-order valence-electron chi connectivity index (χ3n) is 1.81. The minimum absolute atomic E-state index is 0.672. The molecule has 1 aliphatic carbocycles. The van der Waals surface area contributed by atoms with Crippen LogP contribution in [0.3, 0.4) is 0 Å². The summed E-state index contributed by atoms with van der Waals surface area (Å²) in [6.45, 7) is 1.38. The van der Waals surface area contributed by atoms with Gasteiger partial charge in [-0.25, -0.2) is 0 Å². The zero-order valence-electron chi connectivity index (χ0n) is 7.05. The highest BCUT2D eigenvalue weighted by Gasteiger charge is 2.21. The summed E-state index contributed by atoms with van der Waals surface area (Å²) in [5.74, 6) is 1.63. The van der Waals surface area contributed by atoms with Crippen molar-refractivity contribution in [2.75, 3.05) is 20.3 Å². The van der Waals surface area contributed by atoms with Crippen molar-refractivity contribution in [2.24, 2.45) is 16.6 Å². The molecule has 1 saturated carbocycles. The fourth-order valence-electron chi connectivity index (χ4n) is 0.963. The van der Waals surface area contributed by atoms with Crippen LogP contribution in [0.15, 0.2) is 4.99 Å². The first-order valence-corrected chi connectivity index (χ1v) is 4.10. The van der Waals surface area contributed by atoms with E-state index in [2.05, 4.69) is 4.99 Å². The molecule has 0 spiro atoms. The first kappa shape index (κ1) is 8.53. The summed E-state index contributed by atoms with van der Waals surface area (Å²) >= 11 is 0. The van der Waals surface area contributed by atoms with Crippen LogP contribution < -0.4 is 5.73 Å². The average molecular weight is 156 g/mol. The Morgan fingerprint density at radius 2 is 2.36 bits per heavy atom. The van der Waals surface area contributed by atoms with Gasteiger partial charge in [-0.05, 0) is 18.8 Å². The van der Waals surface area contributed by atoms with E-state index in [1.807, 2.05) is 0 Å². The number of nitrogens with zero attached hydrogens (tertiary/aromatic N) is 1. The fourth-order valence-corrected chi connectivity index (χ4v) is 0.963. The van der Waals surface area contributed by atoms with E-state index in [1.54, 1.807) is 7.11 Å². The lowest BCUT2D eigenvalue weighted by Crippen LogP contribution is -2.13. The van der Waals surface area contributed by atoms with E-state index in [-0.39, 0.29) is 0 Å². The molecule has 1 aliphatic rings. The number of nitrogens with two attached hydrogens (primary N) is 1. The van der Waals surface area contributed by atoms with Gasteiger partial charge in [0.05, 0.1) is 19.0 Å². The van der Waals surface area contributed by atoms with Crippen LogP contribution >= 0.6 is 0 Å². The maximum Gasteiger partial charge on any atom is 0.0940 e. The standard InChI is InChI=1S/C8H16N2O/c1-11-5-4-10-8(9)6-7-2-3-7/h7H,2-6H2,1H3,(H2,9,10). The van der Waals surface area contributed by atoms with E-state index in [4.69, 9.17) is 10.5 Å². The third-order valence-corrected chi connectivity index (χ3v) is 1.81. The van der Waals surface area contributed by atoms with Crippen LogP contribution in [0.25, 0.3) is 0 Å². The van der Waals surface area contributed by atoms with Gasteiger partial charge in [0, 0.05) is 13.5 Å². The van der Waals surface area contributed by atoms with Crippen molar-refractivity contribution in [3.8, 4) is 0 Å². The lowest BCUT2D eigenvalue weighted by atomic mass is 10.3. The van der Waals surface area contributed by atoms with Crippen molar-refractivity contribution in [2.45, 2.75) is 19.3 Å². The summed E-state index contributed by atoms with van der Waals surface area (Å²) in [4.78, 5) is 4.16. The Morgan fingerprint density at radius 3 is 2.91 bits per heavy atom. The molecule has 11 heavy (non-hydrogen) atoms. The van der Waals surface area contributed by atoms with Gasteiger partial charge in [0.25, 0.3) is 0 Å². The predicted molar refractivity (Wildman–Crippen MR) is 45.7 cm³/mol. The molecule has 1 rings (SSSR count). The van der Waals surface area contributed by atoms with E-state index in [0.29, 0.717) is 13.2 Å². The van der Waals surface area contributed by atoms with Crippen LogP contribution in [0.5, 0.6) is 0 Å². The molecule has 0 aromatic rings. The lowest BCUT2D eigenvalue weighted by Gasteiger charge is -1.97. The fraction of sp³-hybridized carbons (Fsp3) is 0.875. The van der Waals surface area contributed by atoms with E-state index in [1.165, 1.54) is 12.8 Å². The maximum absolute atomic E-state index is 5.65. The van der Waals surface area contributed by atoms with Gasteiger partial charge < -0.3 is 10.5 Å². The summed E-state index contributed by atoms with van der Waals surface area (Å²) in [6, 6.07) is 0. The van der Waals surface area contributed by atoms with Crippen molar-refractivity contribution >= 4 is 5.84 Å². The first-order chi connectivity index (χ1) is 5.33. The van der Waals surface area contributed by atoms with Crippen molar-refractivity contribution < 1.29 is 4.74 Å². The molecule has 0 bridgehead atoms. The number of ether oxygens (including phenoxy) is 1. The van der Waals surface area contributed by atoms with Gasteiger partial charge in [-0.3, -0.25) is 4.99 Å². The molecule has 1 fully saturated rings. The van der Waals surface area contributed by atoms with Gasteiger partial charge in [0.1, 0.15) is 0 Å². The molecule has 64 valence electrons. The molecule has 0 atom stereocenters. The average Bonchev–Trinajstić information content (AvgIpc) is 2.72. The molecule has 3 heteroatoms. The zero-order valence-corrected chi connectivity index (χ0v) is 7.05. The van der Waals surface area contributed by atoms with Crippen LogP contribution in [0, 0.1) is 5.92 Å². The number of hydrogen-bond donors (Lipinski definition) is 1. The molecule has 0 aliphatic heterocycles. The minimum atomic E-state index is 0.672. The second kappa shape index (κ2) is 4.34. The van der Waals surface area contributed by atoms with Crippen molar-refractivity contribution in [3.05, 3.63) is 0 Å². The largest absolute Gasteiger partial charge is 0.387 e. The second-order valence-electron chi connectivity index (χ2n) is 3.01. The maximum atomic E-state index is 5.65. The molecule has 0 saturated heterocycles. The smallest absolute Gasteiger partial charge is 0.0940 e. The molecule has 0 amide bonds. The number of methoxy groups -OCH3 is 1. The molecular weight excluding hydrogens is 140 g/mol. The van der Waals surface area contributed by atoms with E-state index >= 15 is 0 Å². The van der Waals surface area contributed by atoms with E-state index in [0.717, 1.165) is 18.2 Å². The topological polar surface area (TPSA) is 47.6 Å². The Kier molecular flexibility index (Phi) is 3.36. The summed E-state index contributed by atoms with van der Waals surface area (Å²) in [6.07, 6.45) is 3.66. The van der Waals surface area contributed by atoms with Crippen LogP contribution in [-0.2, 0) is 4.74 Å². The molecule has 0 unspecified atom stereocenters. The number of hydrogen-bond acceptors (Lipinski definition) is 2. The van der Waals surface area contributed by atoms with Gasteiger partial charge in [-0.1, -0.05) is 0 Å². The quantitative estimate of drug-likeness (QED) is 0.363. The third kappa shape index (κ3) is 3.98. The molecule has 0 radical (unpaired) electrons. The Morgan fingerprint density at radius 1 is 1.64 bits per heavy atom. The molecule has 3 nitrogen and oxygen atoms in total. The highest BCUT2D eigenvalue weighted by molar-refractivity contribution is 5.80. The van der Waals surface area contributed by atoms with Crippen LogP contribution in [0.4, 0.5) is 0 Å². The molecule has 0 heterocycles. The van der Waals surface area contributed by atoms with Crippen LogP contribution in [-0.4, -0.2) is 26.1 Å². The monoisotopic (exact) mass is 156 g/mol. The van der Waals surface area contributed by atoms with Gasteiger partial charge in [-0.15, -0.1) is 0 Å². The van der Waals surface area contributed by atoms with Gasteiger partial charge in [0.2, 0.25) is 0 Å². The molecular formula is C8H16N2O. The van der Waals surface area contributed by atoms with Gasteiger partial charge in [0.15, 0.2) is 0 Å². The van der Waals surface area contributed by atoms with Crippen molar-refractivity contribution in [1.82, 2.24) is 0 Å². The molecule has 0 aromatic heterocycles. The molecule has 0 aromatic carbocycles. The SMILES string of the molecule is COCCN=C(N)CC1CC1. The number of amidine groups is 1. The number of aliphatic imine (C=N–C) groups is 1. The Balaban J connectivity index is 2.05. The number of rotatable bonds is 5. The summed E-state index contributed by atoms with van der Waals surface area (Å²) in [7, 11) is 1.67. The normalized spacial score (nSPS) is 18.8. The highest BCUT2D eigenvalue weighted by atomic mass is 16.5. The lowest BCUT2D eigenvalue weighted by molar-refractivity contribution is 0.208. The summed E-state index contributed by atoms with van der Waals surface area (Å²) in [5.41, 5.74) is 5.65. The Hall–Kier alpha value is -0.570. The van der Waals surface area contributed by atoms with Gasteiger partial charge in [-0.2, -0.15) is 0 Å². The van der Waals surface area contributed by atoms with Gasteiger partial charge >= 0.3 is 0 Å². The second-order valence-corrected chi connectivity index (χ2v) is 3.01. The first-order valence-electron chi connectivity index (χ1n) is 4.10. The minimum Gasteiger partial charge on any atom is -0.387 e. The summed E-state index contributed by atoms with van der Waals surface area (Å²) in [5, 5.41) is 0. The Labute approximate surface area is 67.6 Å². The predicted octanol–water partition coefficient (Wildman–Crippen LogP) is 0.790. The van der Waals surface area contributed by atoms with Crippen LogP contribution in [0.2, 0.25) is 0 Å². The van der Waals surface area contributed by atoms with Crippen molar-refractivity contribution in [1.29, 1.82) is 0 Å². The highest BCUT2D eigenvalue weighted by Crippen LogP contribution is 2.31. The van der Waals surface area contributed by atoms with E-state index < -0.39 is 0 Å². The zero-order chi connectivity index (χ0) is 8.10. The van der Waals surface area contributed by atoms with Crippen molar-refractivity contribution in [3.63, 3.8) is 0 Å². The van der Waals surface area contributed by atoms with Crippen LogP contribution in [0.1, 0.15) is 19.3 Å². The Bertz CT molecular complexity index is 141.